The maximum Gasteiger partial charge on any atom is 0.0773 e. The summed E-state index contributed by atoms with van der Waals surface area (Å²) in [5.41, 5.74) is 9.32. The molecule has 0 aliphatic heterocycles. The molecule has 3 N–H and O–H groups in total. The molecule has 2 unspecified atom stereocenters. The van der Waals surface area contributed by atoms with Crippen LogP contribution in [0.1, 0.15) is 22.7 Å². The summed E-state index contributed by atoms with van der Waals surface area (Å²) in [5, 5.41) is 9.48. The summed E-state index contributed by atoms with van der Waals surface area (Å²) in [4.78, 5) is 0. The zero-order valence-electron chi connectivity index (χ0n) is 7.12. The van der Waals surface area contributed by atoms with Crippen LogP contribution in [0.4, 0.5) is 0 Å². The average Bonchev–Trinajstić information content (AvgIpc) is 2.31. The van der Waals surface area contributed by atoms with Crippen molar-refractivity contribution in [2.45, 2.75) is 25.5 Å². The first-order chi connectivity index (χ1) is 5.68. The minimum atomic E-state index is -0.387. The molecule has 2 heteroatoms. The first kappa shape index (κ1) is 7.77. The van der Waals surface area contributed by atoms with Crippen LogP contribution >= 0.6 is 0 Å². The van der Waals surface area contributed by atoms with E-state index in [9.17, 15) is 5.11 Å². The number of aliphatic hydroxyl groups is 1. The van der Waals surface area contributed by atoms with E-state index in [0.717, 1.165) is 5.56 Å². The Morgan fingerprint density at radius 2 is 2.25 bits per heavy atom. The summed E-state index contributed by atoms with van der Waals surface area (Å²) in [6, 6.07) is 6.00. The minimum Gasteiger partial charge on any atom is -0.391 e. The molecule has 0 saturated carbocycles. The van der Waals surface area contributed by atoms with E-state index in [1.165, 1.54) is 11.1 Å². The van der Waals surface area contributed by atoms with Gasteiger partial charge in [-0.15, -0.1) is 0 Å². The van der Waals surface area contributed by atoms with Crippen LogP contribution < -0.4 is 5.73 Å². The summed E-state index contributed by atoms with van der Waals surface area (Å²) in [6.45, 7) is 2.04. The second kappa shape index (κ2) is 2.57. The summed E-state index contributed by atoms with van der Waals surface area (Å²) < 4.78 is 0. The molecule has 0 radical (unpaired) electrons. The lowest BCUT2D eigenvalue weighted by atomic mass is 10.1. The first-order valence-corrected chi connectivity index (χ1v) is 4.21. The fraction of sp³-hybridized carbons (Fsp3) is 0.400. The van der Waals surface area contributed by atoms with Crippen LogP contribution in [0.5, 0.6) is 0 Å². The lowest BCUT2D eigenvalue weighted by Crippen LogP contribution is -2.21. The maximum absolute atomic E-state index is 9.48. The van der Waals surface area contributed by atoms with Crippen LogP contribution in [-0.2, 0) is 6.42 Å². The van der Waals surface area contributed by atoms with E-state index < -0.39 is 0 Å². The molecule has 0 fully saturated rings. The number of rotatable bonds is 0. The van der Waals surface area contributed by atoms with Gasteiger partial charge in [-0.1, -0.05) is 23.8 Å². The molecule has 0 saturated heterocycles. The second-order valence-corrected chi connectivity index (χ2v) is 3.50. The Morgan fingerprint density at radius 1 is 1.50 bits per heavy atom. The van der Waals surface area contributed by atoms with E-state index in [4.69, 9.17) is 5.73 Å². The van der Waals surface area contributed by atoms with Gasteiger partial charge in [-0.25, -0.2) is 0 Å². The fourth-order valence-electron chi connectivity index (χ4n) is 1.77. The minimum absolute atomic E-state index is 0.181. The van der Waals surface area contributed by atoms with Crippen molar-refractivity contribution in [3.05, 3.63) is 34.9 Å². The van der Waals surface area contributed by atoms with Crippen molar-refractivity contribution < 1.29 is 5.11 Å². The van der Waals surface area contributed by atoms with Crippen LogP contribution in [0.3, 0.4) is 0 Å². The first-order valence-electron chi connectivity index (χ1n) is 4.21. The van der Waals surface area contributed by atoms with Crippen molar-refractivity contribution >= 4 is 0 Å². The van der Waals surface area contributed by atoms with Crippen molar-refractivity contribution in [1.82, 2.24) is 0 Å². The highest BCUT2D eigenvalue weighted by Crippen LogP contribution is 2.29. The van der Waals surface area contributed by atoms with Crippen molar-refractivity contribution in [2.75, 3.05) is 0 Å². The predicted molar refractivity (Wildman–Crippen MR) is 47.8 cm³/mol. The third kappa shape index (κ3) is 1.04. The smallest absolute Gasteiger partial charge is 0.0773 e. The molecule has 0 amide bonds. The van der Waals surface area contributed by atoms with Gasteiger partial charge in [-0.05, 0) is 18.1 Å². The number of fused-ring (bicyclic) bond motifs is 1. The number of nitrogens with two attached hydrogens (primary N) is 1. The largest absolute Gasteiger partial charge is 0.391 e. The molecule has 1 aliphatic rings. The highest BCUT2D eigenvalue weighted by atomic mass is 16.3. The summed E-state index contributed by atoms with van der Waals surface area (Å²) in [6.07, 6.45) is 0.318. The zero-order chi connectivity index (χ0) is 8.72. The molecular weight excluding hydrogens is 150 g/mol. The number of aliphatic hydroxyl groups excluding tert-OH is 1. The Bertz CT molecular complexity index is 309. The second-order valence-electron chi connectivity index (χ2n) is 3.50. The molecule has 2 nitrogen and oxygen atoms in total. The summed E-state index contributed by atoms with van der Waals surface area (Å²) in [5.74, 6) is 0. The molecule has 0 spiro atoms. The number of aryl methyl sites for hydroxylation is 1. The summed E-state index contributed by atoms with van der Waals surface area (Å²) in [7, 11) is 0. The van der Waals surface area contributed by atoms with Gasteiger partial charge in [0.05, 0.1) is 12.1 Å². The van der Waals surface area contributed by atoms with E-state index in [1.54, 1.807) is 0 Å². The van der Waals surface area contributed by atoms with Gasteiger partial charge < -0.3 is 10.8 Å². The molecule has 2 rings (SSSR count). The van der Waals surface area contributed by atoms with Gasteiger partial charge in [0.15, 0.2) is 0 Å². The molecule has 12 heavy (non-hydrogen) atoms. The average molecular weight is 163 g/mol. The quantitative estimate of drug-likeness (QED) is 0.597. The van der Waals surface area contributed by atoms with Crippen LogP contribution in [0.15, 0.2) is 18.2 Å². The van der Waals surface area contributed by atoms with Crippen molar-refractivity contribution in [3.8, 4) is 0 Å². The van der Waals surface area contributed by atoms with Gasteiger partial charge in [-0.3, -0.25) is 0 Å². The molecule has 1 aliphatic carbocycles. The summed E-state index contributed by atoms with van der Waals surface area (Å²) >= 11 is 0. The highest BCUT2D eigenvalue weighted by molar-refractivity contribution is 5.38. The van der Waals surface area contributed by atoms with Gasteiger partial charge in [0, 0.05) is 6.42 Å². The van der Waals surface area contributed by atoms with Crippen LogP contribution in [0.25, 0.3) is 0 Å². The topological polar surface area (TPSA) is 46.2 Å². The zero-order valence-corrected chi connectivity index (χ0v) is 7.12. The SMILES string of the molecule is Cc1ccc2c(c1)C(N)C(O)C2. The molecule has 2 atom stereocenters. The third-order valence-electron chi connectivity index (χ3n) is 2.50. The molecule has 1 aromatic carbocycles. The van der Waals surface area contributed by atoms with Gasteiger partial charge in [0.25, 0.3) is 0 Å². The van der Waals surface area contributed by atoms with Crippen LogP contribution in [0, 0.1) is 6.92 Å². The Morgan fingerprint density at radius 3 is 3.00 bits per heavy atom. The molecule has 1 aromatic rings. The Hall–Kier alpha value is -0.860. The molecular formula is C10H13NO. The van der Waals surface area contributed by atoms with E-state index >= 15 is 0 Å². The highest BCUT2D eigenvalue weighted by Gasteiger charge is 2.27. The van der Waals surface area contributed by atoms with Crippen LogP contribution in [0.2, 0.25) is 0 Å². The fourth-order valence-corrected chi connectivity index (χ4v) is 1.77. The van der Waals surface area contributed by atoms with E-state index in [1.807, 2.05) is 6.92 Å². The van der Waals surface area contributed by atoms with E-state index in [2.05, 4.69) is 18.2 Å². The lowest BCUT2D eigenvalue weighted by molar-refractivity contribution is 0.158. The number of benzene rings is 1. The number of hydrogen-bond donors (Lipinski definition) is 2. The van der Waals surface area contributed by atoms with Crippen molar-refractivity contribution in [2.24, 2.45) is 5.73 Å². The predicted octanol–water partition coefficient (Wildman–Crippen LogP) is 0.912. The molecule has 0 bridgehead atoms. The monoisotopic (exact) mass is 163 g/mol. The van der Waals surface area contributed by atoms with Gasteiger partial charge in [0.1, 0.15) is 0 Å². The van der Waals surface area contributed by atoms with Gasteiger partial charge in [0.2, 0.25) is 0 Å². The lowest BCUT2D eigenvalue weighted by Gasteiger charge is -2.08. The molecule has 64 valence electrons. The van der Waals surface area contributed by atoms with Gasteiger partial charge >= 0.3 is 0 Å². The standard InChI is InChI=1S/C10H13NO/c1-6-2-3-7-5-9(12)10(11)8(7)4-6/h2-4,9-10,12H,5,11H2,1H3. The Balaban J connectivity index is 2.48. The Kier molecular flexibility index (Phi) is 1.67. The number of hydrogen-bond acceptors (Lipinski definition) is 2. The maximum atomic E-state index is 9.48. The van der Waals surface area contributed by atoms with E-state index in [0.29, 0.717) is 6.42 Å². The molecule has 0 aromatic heterocycles. The van der Waals surface area contributed by atoms with Crippen LogP contribution in [-0.4, -0.2) is 11.2 Å². The third-order valence-corrected chi connectivity index (χ3v) is 2.50. The van der Waals surface area contributed by atoms with Gasteiger partial charge in [-0.2, -0.15) is 0 Å². The molecule has 0 heterocycles. The normalized spacial score (nSPS) is 27.2. The Labute approximate surface area is 72.0 Å². The van der Waals surface area contributed by atoms with E-state index in [-0.39, 0.29) is 12.1 Å². The van der Waals surface area contributed by atoms with Crippen molar-refractivity contribution in [1.29, 1.82) is 0 Å². The van der Waals surface area contributed by atoms with Crippen molar-refractivity contribution in [3.63, 3.8) is 0 Å².